The van der Waals surface area contributed by atoms with Crippen LogP contribution in [0.25, 0.3) is 0 Å². The molecule has 0 N–H and O–H groups in total. The first-order valence-electron chi connectivity index (χ1n) is 5.81. The standard InChI is InChI=1S/C14H18O4/c1-5-11(9(2)15)14(16)10-6-7-12(17-3)13(8-10)18-4/h6-8,11H,5H2,1-4H3. The average molecular weight is 250 g/mol. The van der Waals surface area contributed by atoms with Crippen molar-refractivity contribution in [1.82, 2.24) is 0 Å². The Kier molecular flexibility index (Phi) is 4.89. The summed E-state index contributed by atoms with van der Waals surface area (Å²) in [6.45, 7) is 3.26. The van der Waals surface area contributed by atoms with Crippen molar-refractivity contribution in [3.8, 4) is 11.5 Å². The summed E-state index contributed by atoms with van der Waals surface area (Å²) in [7, 11) is 3.04. The lowest BCUT2D eigenvalue weighted by molar-refractivity contribution is -0.119. The number of rotatable bonds is 6. The molecular formula is C14H18O4. The van der Waals surface area contributed by atoms with E-state index in [2.05, 4.69) is 0 Å². The van der Waals surface area contributed by atoms with Crippen molar-refractivity contribution in [3.63, 3.8) is 0 Å². The van der Waals surface area contributed by atoms with Crippen LogP contribution in [0.3, 0.4) is 0 Å². The van der Waals surface area contributed by atoms with Gasteiger partial charge >= 0.3 is 0 Å². The van der Waals surface area contributed by atoms with Crippen molar-refractivity contribution in [2.45, 2.75) is 20.3 Å². The van der Waals surface area contributed by atoms with Crippen molar-refractivity contribution in [3.05, 3.63) is 23.8 Å². The SMILES string of the molecule is CCC(C(C)=O)C(=O)c1ccc(OC)c(OC)c1. The van der Waals surface area contributed by atoms with Crippen LogP contribution in [-0.2, 0) is 4.79 Å². The van der Waals surface area contributed by atoms with Gasteiger partial charge in [0.25, 0.3) is 0 Å². The van der Waals surface area contributed by atoms with Crippen LogP contribution in [-0.4, -0.2) is 25.8 Å². The molecule has 1 unspecified atom stereocenters. The minimum atomic E-state index is -0.580. The third kappa shape index (κ3) is 2.88. The summed E-state index contributed by atoms with van der Waals surface area (Å²) < 4.78 is 10.2. The van der Waals surface area contributed by atoms with E-state index >= 15 is 0 Å². The summed E-state index contributed by atoms with van der Waals surface area (Å²) in [5, 5.41) is 0. The maximum absolute atomic E-state index is 12.2. The first kappa shape index (κ1) is 14.2. The van der Waals surface area contributed by atoms with Gasteiger partial charge in [0.15, 0.2) is 17.3 Å². The van der Waals surface area contributed by atoms with Gasteiger partial charge in [-0.2, -0.15) is 0 Å². The van der Waals surface area contributed by atoms with Gasteiger partial charge in [0.2, 0.25) is 0 Å². The Bertz CT molecular complexity index is 451. The van der Waals surface area contributed by atoms with Crippen LogP contribution in [0, 0.1) is 5.92 Å². The van der Waals surface area contributed by atoms with Gasteiger partial charge in [-0.15, -0.1) is 0 Å². The van der Waals surface area contributed by atoms with Crippen LogP contribution >= 0.6 is 0 Å². The largest absolute Gasteiger partial charge is 0.493 e. The second-order valence-electron chi connectivity index (χ2n) is 4.01. The van der Waals surface area contributed by atoms with E-state index in [0.29, 0.717) is 23.5 Å². The molecule has 0 aliphatic rings. The topological polar surface area (TPSA) is 52.6 Å². The second-order valence-corrected chi connectivity index (χ2v) is 4.01. The van der Waals surface area contributed by atoms with Gasteiger partial charge in [-0.05, 0) is 31.5 Å². The molecule has 0 fully saturated rings. The zero-order valence-corrected chi connectivity index (χ0v) is 11.1. The Morgan fingerprint density at radius 2 is 1.78 bits per heavy atom. The number of ether oxygens (including phenoxy) is 2. The Morgan fingerprint density at radius 3 is 2.22 bits per heavy atom. The van der Waals surface area contributed by atoms with Gasteiger partial charge in [-0.3, -0.25) is 9.59 Å². The normalized spacial score (nSPS) is 11.8. The molecular weight excluding hydrogens is 232 g/mol. The lowest BCUT2D eigenvalue weighted by Crippen LogP contribution is -2.21. The van der Waals surface area contributed by atoms with E-state index in [4.69, 9.17) is 9.47 Å². The monoisotopic (exact) mass is 250 g/mol. The molecule has 4 nitrogen and oxygen atoms in total. The van der Waals surface area contributed by atoms with Crippen LogP contribution < -0.4 is 9.47 Å². The van der Waals surface area contributed by atoms with Crippen LogP contribution in [0.4, 0.5) is 0 Å². The molecule has 1 aromatic carbocycles. The van der Waals surface area contributed by atoms with Gasteiger partial charge in [0.05, 0.1) is 20.1 Å². The fourth-order valence-corrected chi connectivity index (χ4v) is 1.85. The molecule has 0 amide bonds. The summed E-state index contributed by atoms with van der Waals surface area (Å²) >= 11 is 0. The van der Waals surface area contributed by atoms with Gasteiger partial charge < -0.3 is 9.47 Å². The molecule has 0 bridgehead atoms. The van der Waals surface area contributed by atoms with Crippen LogP contribution in [0.1, 0.15) is 30.6 Å². The van der Waals surface area contributed by atoms with E-state index in [0.717, 1.165) is 0 Å². The van der Waals surface area contributed by atoms with Crippen LogP contribution in [0.5, 0.6) is 11.5 Å². The molecule has 0 aliphatic carbocycles. The number of ketones is 2. The summed E-state index contributed by atoms with van der Waals surface area (Å²) in [5.41, 5.74) is 0.467. The molecule has 0 saturated carbocycles. The highest BCUT2D eigenvalue weighted by Crippen LogP contribution is 2.28. The molecule has 0 aliphatic heterocycles. The number of carbonyl (C=O) groups excluding carboxylic acids is 2. The van der Waals surface area contributed by atoms with Gasteiger partial charge in [0.1, 0.15) is 5.78 Å². The van der Waals surface area contributed by atoms with Crippen molar-refractivity contribution < 1.29 is 19.1 Å². The molecule has 4 heteroatoms. The van der Waals surface area contributed by atoms with E-state index in [1.54, 1.807) is 18.2 Å². The Morgan fingerprint density at radius 1 is 1.17 bits per heavy atom. The van der Waals surface area contributed by atoms with Gasteiger partial charge in [0, 0.05) is 5.56 Å². The Hall–Kier alpha value is -1.84. The molecule has 98 valence electrons. The maximum Gasteiger partial charge on any atom is 0.173 e. The van der Waals surface area contributed by atoms with E-state index in [1.165, 1.54) is 21.1 Å². The molecule has 0 saturated heterocycles. The molecule has 18 heavy (non-hydrogen) atoms. The quantitative estimate of drug-likeness (QED) is 0.575. The zero-order chi connectivity index (χ0) is 13.7. The van der Waals surface area contributed by atoms with Gasteiger partial charge in [-0.25, -0.2) is 0 Å². The first-order valence-corrected chi connectivity index (χ1v) is 5.81. The first-order chi connectivity index (χ1) is 8.54. The number of methoxy groups -OCH3 is 2. The number of hydrogen-bond donors (Lipinski definition) is 0. The van der Waals surface area contributed by atoms with Crippen molar-refractivity contribution in [1.29, 1.82) is 0 Å². The molecule has 1 aromatic rings. The van der Waals surface area contributed by atoms with E-state index in [1.807, 2.05) is 6.92 Å². The number of hydrogen-bond acceptors (Lipinski definition) is 4. The van der Waals surface area contributed by atoms with Crippen LogP contribution in [0.2, 0.25) is 0 Å². The lowest BCUT2D eigenvalue weighted by Gasteiger charge is -2.12. The summed E-state index contributed by atoms with van der Waals surface area (Å²) in [6.07, 6.45) is 0.502. The fourth-order valence-electron chi connectivity index (χ4n) is 1.85. The molecule has 1 rings (SSSR count). The molecule has 0 radical (unpaired) electrons. The molecule has 0 spiro atoms. The zero-order valence-electron chi connectivity index (χ0n) is 11.1. The molecule has 0 heterocycles. The van der Waals surface area contributed by atoms with Crippen molar-refractivity contribution in [2.24, 2.45) is 5.92 Å². The third-order valence-electron chi connectivity index (χ3n) is 2.88. The number of carbonyl (C=O) groups is 2. The minimum absolute atomic E-state index is 0.114. The average Bonchev–Trinajstić information content (AvgIpc) is 2.38. The van der Waals surface area contributed by atoms with Crippen molar-refractivity contribution in [2.75, 3.05) is 14.2 Å². The highest BCUT2D eigenvalue weighted by Gasteiger charge is 2.23. The van der Waals surface area contributed by atoms with Gasteiger partial charge in [-0.1, -0.05) is 6.92 Å². The summed E-state index contributed by atoms with van der Waals surface area (Å²) in [4.78, 5) is 23.6. The second kappa shape index (κ2) is 6.19. The Labute approximate surface area is 107 Å². The van der Waals surface area contributed by atoms with Crippen LogP contribution in [0.15, 0.2) is 18.2 Å². The lowest BCUT2D eigenvalue weighted by atomic mass is 9.92. The summed E-state index contributed by atoms with van der Waals surface area (Å²) in [6, 6.07) is 4.92. The van der Waals surface area contributed by atoms with E-state index in [-0.39, 0.29) is 11.6 Å². The highest BCUT2D eigenvalue weighted by molar-refractivity contribution is 6.10. The predicted molar refractivity (Wildman–Crippen MR) is 68.3 cm³/mol. The fraction of sp³-hybridized carbons (Fsp3) is 0.429. The Balaban J connectivity index is 3.10. The minimum Gasteiger partial charge on any atom is -0.493 e. The number of Topliss-reactive ketones (excluding diaryl/α,β-unsaturated/α-hetero) is 2. The maximum atomic E-state index is 12.2. The van der Waals surface area contributed by atoms with E-state index < -0.39 is 5.92 Å². The highest BCUT2D eigenvalue weighted by atomic mass is 16.5. The summed E-state index contributed by atoms with van der Waals surface area (Å²) in [5.74, 6) is 0.179. The van der Waals surface area contributed by atoms with E-state index in [9.17, 15) is 9.59 Å². The third-order valence-corrected chi connectivity index (χ3v) is 2.88. The van der Waals surface area contributed by atoms with Crippen molar-refractivity contribution >= 4 is 11.6 Å². The smallest absolute Gasteiger partial charge is 0.173 e. The molecule has 1 atom stereocenters. The number of benzene rings is 1. The predicted octanol–water partition coefficient (Wildman–Crippen LogP) is 2.50. The molecule has 0 aromatic heterocycles.